The highest BCUT2D eigenvalue weighted by Crippen LogP contribution is 2.35. The Morgan fingerprint density at radius 1 is 0.731 bits per heavy atom. The van der Waals surface area contributed by atoms with E-state index in [1.807, 2.05) is 38.1 Å². The summed E-state index contributed by atoms with van der Waals surface area (Å²) >= 11 is 0. The predicted molar refractivity (Wildman–Crippen MR) is 107 cm³/mol. The van der Waals surface area contributed by atoms with Crippen molar-refractivity contribution in [2.24, 2.45) is 0 Å². The van der Waals surface area contributed by atoms with Crippen molar-refractivity contribution >= 4 is 11.4 Å². The summed E-state index contributed by atoms with van der Waals surface area (Å²) in [7, 11) is 0. The number of para-hydroxylation sites is 2. The predicted octanol–water partition coefficient (Wildman–Crippen LogP) is 5.60. The molecular weight excluding hydrogens is 324 g/mol. The van der Waals surface area contributed by atoms with E-state index in [1.165, 1.54) is 0 Å². The first-order valence-electron chi connectivity index (χ1n) is 9.24. The van der Waals surface area contributed by atoms with Crippen LogP contribution in [0, 0.1) is 10.8 Å². The molecule has 4 nitrogen and oxygen atoms in total. The van der Waals surface area contributed by atoms with Gasteiger partial charge in [-0.3, -0.25) is 0 Å². The van der Waals surface area contributed by atoms with Crippen molar-refractivity contribution in [3.8, 4) is 11.5 Å². The maximum atomic E-state index is 10.2. The summed E-state index contributed by atoms with van der Waals surface area (Å²) in [5.74, 6) is -0.311. The van der Waals surface area contributed by atoms with Crippen molar-refractivity contribution in [3.05, 3.63) is 59.7 Å². The second-order valence-electron chi connectivity index (χ2n) is 6.63. The summed E-state index contributed by atoms with van der Waals surface area (Å²) in [4.78, 5) is 0. The average molecular weight is 352 g/mol. The Balaban J connectivity index is 2.38. The normalized spacial score (nSPS) is 13.2. The fraction of sp³-hybridized carbons (Fsp3) is 0.364. The third-order valence-corrected chi connectivity index (χ3v) is 4.77. The molecule has 0 heterocycles. The molecule has 0 amide bonds. The lowest BCUT2D eigenvalue weighted by Gasteiger charge is -2.25. The lowest BCUT2D eigenvalue weighted by molar-refractivity contribution is 0.463. The third kappa shape index (κ3) is 4.31. The van der Waals surface area contributed by atoms with E-state index in [0.29, 0.717) is 24.0 Å². The highest BCUT2D eigenvalue weighted by Gasteiger charge is 2.28. The second-order valence-corrected chi connectivity index (χ2v) is 6.63. The molecule has 4 N–H and O–H groups in total. The lowest BCUT2D eigenvalue weighted by Crippen LogP contribution is -2.27. The number of rotatable bonds is 9. The molecule has 0 radical (unpaired) electrons. The minimum absolute atomic E-state index is 0.165. The zero-order valence-corrected chi connectivity index (χ0v) is 15.5. The van der Waals surface area contributed by atoms with Crippen LogP contribution in [0.25, 0.3) is 0 Å². The van der Waals surface area contributed by atoms with E-state index in [4.69, 9.17) is 10.8 Å². The molecule has 0 aliphatic heterocycles. The number of benzene rings is 2. The SMILES string of the molecule is CCCC(C(=N)C(=N)C(CCC)c1ccccc1O)c1ccccc1O. The van der Waals surface area contributed by atoms with Gasteiger partial charge in [0.15, 0.2) is 0 Å². The highest BCUT2D eigenvalue weighted by atomic mass is 16.3. The maximum absolute atomic E-state index is 10.2. The van der Waals surface area contributed by atoms with Crippen molar-refractivity contribution in [3.63, 3.8) is 0 Å². The van der Waals surface area contributed by atoms with Crippen LogP contribution in [0.5, 0.6) is 11.5 Å². The van der Waals surface area contributed by atoms with Gasteiger partial charge in [-0.1, -0.05) is 63.1 Å². The van der Waals surface area contributed by atoms with Crippen molar-refractivity contribution < 1.29 is 10.2 Å². The zero-order chi connectivity index (χ0) is 19.1. The van der Waals surface area contributed by atoms with Crippen LogP contribution >= 0.6 is 0 Å². The van der Waals surface area contributed by atoms with Crippen LogP contribution in [-0.2, 0) is 0 Å². The largest absolute Gasteiger partial charge is 0.508 e. The van der Waals surface area contributed by atoms with Crippen molar-refractivity contribution in [1.29, 1.82) is 10.8 Å². The molecular formula is C22H28N2O2. The molecule has 0 fully saturated rings. The van der Waals surface area contributed by atoms with E-state index in [-0.39, 0.29) is 34.8 Å². The van der Waals surface area contributed by atoms with Gasteiger partial charge in [0.25, 0.3) is 0 Å². The number of aromatic hydroxyl groups is 2. The molecule has 2 aromatic rings. The van der Waals surface area contributed by atoms with Crippen molar-refractivity contribution in [2.75, 3.05) is 0 Å². The molecule has 2 unspecified atom stereocenters. The Morgan fingerprint density at radius 3 is 1.38 bits per heavy atom. The zero-order valence-electron chi connectivity index (χ0n) is 15.5. The van der Waals surface area contributed by atoms with Crippen LogP contribution in [0.4, 0.5) is 0 Å². The van der Waals surface area contributed by atoms with Gasteiger partial charge in [0.1, 0.15) is 11.5 Å². The lowest BCUT2D eigenvalue weighted by atomic mass is 9.80. The molecule has 2 rings (SSSR count). The summed E-state index contributed by atoms with van der Waals surface area (Å²) in [5.41, 5.74) is 1.82. The van der Waals surface area contributed by atoms with E-state index in [0.717, 1.165) is 12.8 Å². The van der Waals surface area contributed by atoms with E-state index in [1.54, 1.807) is 24.3 Å². The van der Waals surface area contributed by atoms with Crippen LogP contribution in [-0.4, -0.2) is 21.6 Å². The van der Waals surface area contributed by atoms with Crippen molar-refractivity contribution in [1.82, 2.24) is 0 Å². The molecule has 2 atom stereocenters. The Morgan fingerprint density at radius 2 is 1.08 bits per heavy atom. The highest BCUT2D eigenvalue weighted by molar-refractivity contribution is 6.43. The molecule has 0 saturated carbocycles. The minimum Gasteiger partial charge on any atom is -0.508 e. The van der Waals surface area contributed by atoms with Gasteiger partial charge >= 0.3 is 0 Å². The van der Waals surface area contributed by atoms with E-state index in [2.05, 4.69) is 0 Å². The van der Waals surface area contributed by atoms with Crippen LogP contribution in [0.15, 0.2) is 48.5 Å². The summed E-state index contributed by atoms with van der Waals surface area (Å²) in [6.07, 6.45) is 3.09. The summed E-state index contributed by atoms with van der Waals surface area (Å²) in [6, 6.07) is 14.1. The maximum Gasteiger partial charge on any atom is 0.119 e. The van der Waals surface area contributed by atoms with E-state index < -0.39 is 0 Å². The Labute approximate surface area is 155 Å². The topological polar surface area (TPSA) is 88.2 Å². The molecule has 0 aromatic heterocycles. The summed E-state index contributed by atoms with van der Waals surface area (Å²) in [5, 5.41) is 37.9. The van der Waals surface area contributed by atoms with Crippen LogP contribution in [0.3, 0.4) is 0 Å². The van der Waals surface area contributed by atoms with E-state index in [9.17, 15) is 10.2 Å². The number of phenols is 2. The quantitative estimate of drug-likeness (QED) is 0.442. The molecule has 0 aliphatic carbocycles. The van der Waals surface area contributed by atoms with Gasteiger partial charge in [0.05, 0.1) is 11.4 Å². The first-order chi connectivity index (χ1) is 12.5. The van der Waals surface area contributed by atoms with E-state index >= 15 is 0 Å². The van der Waals surface area contributed by atoms with Gasteiger partial charge in [0, 0.05) is 23.0 Å². The van der Waals surface area contributed by atoms with Crippen LogP contribution in [0.2, 0.25) is 0 Å². The molecule has 2 aromatic carbocycles. The molecule has 4 heteroatoms. The van der Waals surface area contributed by atoms with Crippen LogP contribution < -0.4 is 0 Å². The second kappa shape index (κ2) is 9.18. The number of nitrogens with one attached hydrogen (secondary N) is 2. The van der Waals surface area contributed by atoms with Gasteiger partial charge in [0.2, 0.25) is 0 Å². The molecule has 0 bridgehead atoms. The van der Waals surface area contributed by atoms with Gasteiger partial charge < -0.3 is 21.0 Å². The molecule has 0 spiro atoms. The molecule has 0 saturated heterocycles. The first-order valence-corrected chi connectivity index (χ1v) is 9.24. The number of hydrogen-bond acceptors (Lipinski definition) is 4. The summed E-state index contributed by atoms with van der Waals surface area (Å²) in [6.45, 7) is 4.08. The monoisotopic (exact) mass is 352 g/mol. The molecule has 0 aliphatic rings. The molecule has 26 heavy (non-hydrogen) atoms. The van der Waals surface area contributed by atoms with Gasteiger partial charge in [-0.05, 0) is 25.0 Å². The Kier molecular flexibility index (Phi) is 6.96. The average Bonchev–Trinajstić information content (AvgIpc) is 2.64. The first kappa shape index (κ1) is 19.7. The number of phenolic OH excluding ortho intramolecular Hbond substituents is 2. The molecule has 138 valence electrons. The smallest absolute Gasteiger partial charge is 0.119 e. The third-order valence-electron chi connectivity index (χ3n) is 4.77. The fourth-order valence-electron chi connectivity index (χ4n) is 3.43. The van der Waals surface area contributed by atoms with Gasteiger partial charge in [-0.25, -0.2) is 0 Å². The Hall–Kier alpha value is -2.62. The van der Waals surface area contributed by atoms with Crippen LogP contribution in [0.1, 0.15) is 62.5 Å². The minimum atomic E-state index is -0.320. The standard InChI is InChI=1S/C22H28N2O2/c1-3-9-17(15-11-5-7-13-19(15)25)21(23)22(24)18(10-4-2)16-12-6-8-14-20(16)26/h5-8,11-14,17-18,23-26H,3-4,9-10H2,1-2H3. The van der Waals surface area contributed by atoms with Gasteiger partial charge in [-0.15, -0.1) is 0 Å². The van der Waals surface area contributed by atoms with Crippen molar-refractivity contribution in [2.45, 2.75) is 51.4 Å². The van der Waals surface area contributed by atoms with Gasteiger partial charge in [-0.2, -0.15) is 0 Å². The Bertz CT molecular complexity index is 705. The number of hydrogen-bond donors (Lipinski definition) is 4. The summed E-state index contributed by atoms with van der Waals surface area (Å²) < 4.78 is 0. The fourth-order valence-corrected chi connectivity index (χ4v) is 3.43.